The molecule has 0 heterocycles. The lowest BCUT2D eigenvalue weighted by Crippen LogP contribution is -2.29. The van der Waals surface area contributed by atoms with E-state index in [1.807, 2.05) is 18.2 Å². The quantitative estimate of drug-likeness (QED) is 0.369. The van der Waals surface area contributed by atoms with E-state index in [1.54, 1.807) is 71.0 Å². The molecule has 0 saturated heterocycles. The Morgan fingerprint density at radius 2 is 1.74 bits per heavy atom. The van der Waals surface area contributed by atoms with E-state index in [9.17, 15) is 20.0 Å². The molecule has 0 radical (unpaired) electrons. The zero-order chi connectivity index (χ0) is 25.3. The minimum absolute atomic E-state index is 0.200. The average Bonchev–Trinajstić information content (AvgIpc) is 3.23. The number of allylic oxidation sites excluding steroid dienone is 1. The van der Waals surface area contributed by atoms with Gasteiger partial charge in [0.25, 0.3) is 0 Å². The van der Waals surface area contributed by atoms with Gasteiger partial charge in [0, 0.05) is 5.92 Å². The highest BCUT2D eigenvalue weighted by molar-refractivity contribution is 6.41. The van der Waals surface area contributed by atoms with Gasteiger partial charge in [-0.3, -0.25) is 4.79 Å². The minimum atomic E-state index is -1.49. The summed E-state index contributed by atoms with van der Waals surface area (Å²) in [5.41, 5.74) is -2.58. The number of para-hydroxylation sites is 1. The van der Waals surface area contributed by atoms with E-state index in [4.69, 9.17) is 21.1 Å². The van der Waals surface area contributed by atoms with Crippen molar-refractivity contribution >= 4 is 23.5 Å². The second-order valence-corrected chi connectivity index (χ2v) is 10.3. The summed E-state index contributed by atoms with van der Waals surface area (Å²) in [6.45, 7) is 8.67. The molecule has 6 nitrogen and oxygen atoms in total. The van der Waals surface area contributed by atoms with Crippen LogP contribution in [0.25, 0.3) is 0 Å². The molecular formula is C27H28ClNO5. The Labute approximate surface area is 204 Å². The third-order valence-electron chi connectivity index (χ3n) is 6.27. The van der Waals surface area contributed by atoms with Gasteiger partial charge in [0.1, 0.15) is 27.5 Å². The number of rotatable bonds is 7. The first kappa shape index (κ1) is 25.3. The van der Waals surface area contributed by atoms with Gasteiger partial charge in [0.05, 0.1) is 12.0 Å². The number of halogens is 1. The Bertz CT molecular complexity index is 1160. The molecule has 2 aromatic carbocycles. The first-order valence-electron chi connectivity index (χ1n) is 10.9. The number of carbonyl (C=O) groups excluding carboxylic acids is 1. The molecule has 0 aliphatic heterocycles. The fraction of sp³-hybridized carbons (Fsp3) is 0.370. The predicted octanol–water partition coefficient (Wildman–Crippen LogP) is 6.28. The third kappa shape index (κ3) is 4.67. The number of nitriles is 1. The van der Waals surface area contributed by atoms with Gasteiger partial charge in [-0.25, -0.2) is 4.79 Å². The van der Waals surface area contributed by atoms with Crippen molar-refractivity contribution in [1.82, 2.24) is 0 Å². The van der Waals surface area contributed by atoms with Gasteiger partial charge in [-0.05, 0) is 56.0 Å². The summed E-state index contributed by atoms with van der Waals surface area (Å²) >= 11 is 6.23. The van der Waals surface area contributed by atoms with Crippen molar-refractivity contribution < 1.29 is 24.2 Å². The molecule has 0 bridgehead atoms. The molecular weight excluding hydrogens is 454 g/mol. The number of carbonyl (C=O) groups is 2. The van der Waals surface area contributed by atoms with E-state index < -0.39 is 40.2 Å². The summed E-state index contributed by atoms with van der Waals surface area (Å²) in [6, 6.07) is 18.2. The number of ether oxygens (including phenoxy) is 2. The highest BCUT2D eigenvalue weighted by Crippen LogP contribution is 2.75. The van der Waals surface area contributed by atoms with Crippen LogP contribution < -0.4 is 4.74 Å². The van der Waals surface area contributed by atoms with Crippen LogP contribution in [0.5, 0.6) is 11.5 Å². The van der Waals surface area contributed by atoms with E-state index in [2.05, 4.69) is 6.07 Å². The van der Waals surface area contributed by atoms with Gasteiger partial charge in [0.2, 0.25) is 0 Å². The Balaban J connectivity index is 1.98. The van der Waals surface area contributed by atoms with Gasteiger partial charge in [0.15, 0.2) is 0 Å². The zero-order valence-electron chi connectivity index (χ0n) is 19.8. The van der Waals surface area contributed by atoms with E-state index in [0.717, 1.165) is 0 Å². The van der Waals surface area contributed by atoms with Crippen LogP contribution in [0.4, 0.5) is 0 Å². The fourth-order valence-electron chi connectivity index (χ4n) is 4.62. The summed E-state index contributed by atoms with van der Waals surface area (Å²) in [5, 5.41) is 20.3. The lowest BCUT2D eigenvalue weighted by atomic mass is 9.78. The third-order valence-corrected chi connectivity index (χ3v) is 6.55. The molecule has 0 unspecified atom stereocenters. The van der Waals surface area contributed by atoms with Gasteiger partial charge >= 0.3 is 11.9 Å². The molecule has 0 spiro atoms. The van der Waals surface area contributed by atoms with Crippen LogP contribution in [0.1, 0.15) is 46.1 Å². The Kier molecular flexibility index (Phi) is 6.82. The van der Waals surface area contributed by atoms with Crippen LogP contribution in [0.3, 0.4) is 0 Å². The van der Waals surface area contributed by atoms with Crippen molar-refractivity contribution in [2.45, 2.75) is 46.1 Å². The number of carboxylic acid groups (broad SMARTS) is 1. The maximum absolute atomic E-state index is 12.7. The van der Waals surface area contributed by atoms with E-state index in [-0.39, 0.29) is 5.03 Å². The van der Waals surface area contributed by atoms with Crippen molar-refractivity contribution in [1.29, 1.82) is 5.26 Å². The summed E-state index contributed by atoms with van der Waals surface area (Å²) < 4.78 is 11.2. The SMILES string of the molecule is CC(C)(C)OC(=O)C(Cl)=C[C@H]1C(C)(C)[C@]1(C(=O)O)[C@@H](C#N)c1cccc(Oc2ccccc2)c1. The minimum Gasteiger partial charge on any atom is -0.481 e. The smallest absolute Gasteiger partial charge is 0.349 e. The fourth-order valence-corrected chi connectivity index (χ4v) is 4.79. The lowest BCUT2D eigenvalue weighted by Gasteiger charge is -2.22. The molecule has 3 rings (SSSR count). The van der Waals surface area contributed by atoms with E-state index >= 15 is 0 Å². The maximum atomic E-state index is 12.7. The Morgan fingerprint density at radius 1 is 1.12 bits per heavy atom. The van der Waals surface area contributed by atoms with Crippen LogP contribution in [0.2, 0.25) is 0 Å². The molecule has 7 heteroatoms. The predicted molar refractivity (Wildman–Crippen MR) is 128 cm³/mol. The van der Waals surface area contributed by atoms with Crippen LogP contribution in [0, 0.1) is 28.1 Å². The number of benzene rings is 2. The van der Waals surface area contributed by atoms with Crippen LogP contribution >= 0.6 is 11.6 Å². The molecule has 3 atom stereocenters. The molecule has 1 fully saturated rings. The van der Waals surface area contributed by atoms with Crippen LogP contribution in [0.15, 0.2) is 65.7 Å². The van der Waals surface area contributed by atoms with Crippen molar-refractivity contribution in [3.63, 3.8) is 0 Å². The molecule has 0 aromatic heterocycles. The van der Waals surface area contributed by atoms with Gasteiger partial charge < -0.3 is 14.6 Å². The van der Waals surface area contributed by atoms with Gasteiger partial charge in [-0.15, -0.1) is 0 Å². The molecule has 1 aliphatic rings. The summed E-state index contributed by atoms with van der Waals surface area (Å²) in [7, 11) is 0. The van der Waals surface area contributed by atoms with Gasteiger partial charge in [-0.1, -0.05) is 61.9 Å². The van der Waals surface area contributed by atoms with Crippen molar-refractivity contribution in [2.75, 3.05) is 0 Å². The van der Waals surface area contributed by atoms with E-state index in [1.165, 1.54) is 6.08 Å². The normalized spacial score (nSPS) is 22.3. The Morgan fingerprint density at radius 3 is 2.29 bits per heavy atom. The molecule has 2 aromatic rings. The van der Waals surface area contributed by atoms with Crippen molar-refractivity contribution in [2.24, 2.45) is 16.7 Å². The largest absolute Gasteiger partial charge is 0.481 e. The first-order valence-corrected chi connectivity index (χ1v) is 11.3. The average molecular weight is 482 g/mol. The molecule has 34 heavy (non-hydrogen) atoms. The number of hydrogen-bond donors (Lipinski definition) is 1. The molecule has 1 N–H and O–H groups in total. The van der Waals surface area contributed by atoms with Crippen LogP contribution in [-0.4, -0.2) is 22.6 Å². The van der Waals surface area contributed by atoms with Crippen molar-refractivity contribution in [3.8, 4) is 17.6 Å². The number of nitrogens with zero attached hydrogens (tertiary/aromatic N) is 1. The summed E-state index contributed by atoms with van der Waals surface area (Å²) in [4.78, 5) is 25.1. The standard InChI is InChI=1S/C27H28ClNO5/c1-25(2,3)34-23(30)21(28)15-22-26(4,5)27(22,24(31)32)20(16-29)17-10-9-13-19(14-17)33-18-11-7-6-8-12-18/h6-15,20,22H,1-5H3,(H,31,32)/t20-,22-,27+/m0/s1. The number of esters is 1. The van der Waals surface area contributed by atoms with Gasteiger partial charge in [-0.2, -0.15) is 5.26 Å². The van der Waals surface area contributed by atoms with E-state index in [0.29, 0.717) is 17.1 Å². The van der Waals surface area contributed by atoms with Crippen molar-refractivity contribution in [3.05, 3.63) is 71.3 Å². The first-order chi connectivity index (χ1) is 15.8. The second kappa shape index (κ2) is 9.15. The zero-order valence-corrected chi connectivity index (χ0v) is 20.6. The molecule has 1 saturated carbocycles. The highest BCUT2D eigenvalue weighted by Gasteiger charge is 2.78. The summed E-state index contributed by atoms with van der Waals surface area (Å²) in [6.07, 6.45) is 1.42. The number of aliphatic carboxylic acids is 1. The topological polar surface area (TPSA) is 96.6 Å². The number of hydrogen-bond acceptors (Lipinski definition) is 5. The highest BCUT2D eigenvalue weighted by atomic mass is 35.5. The van der Waals surface area contributed by atoms with Crippen LogP contribution in [-0.2, 0) is 14.3 Å². The summed E-state index contributed by atoms with van der Waals surface area (Å²) in [5.74, 6) is -2.43. The monoisotopic (exact) mass is 481 g/mol. The molecule has 1 aliphatic carbocycles. The maximum Gasteiger partial charge on any atom is 0.349 e. The molecule has 0 amide bonds. The second-order valence-electron chi connectivity index (χ2n) is 9.94. The lowest BCUT2D eigenvalue weighted by molar-refractivity contribution is -0.149. The molecule has 178 valence electrons. The Hall–Kier alpha value is -3.30. The number of carboxylic acids is 1.